The zero-order valence-corrected chi connectivity index (χ0v) is 21.2. The fourth-order valence-electron chi connectivity index (χ4n) is 2.66. The molecule has 0 aliphatic carbocycles. The van der Waals surface area contributed by atoms with Gasteiger partial charge in [0, 0.05) is 37.8 Å². The third kappa shape index (κ3) is 13.6. The molecule has 11 heteroatoms. The van der Waals surface area contributed by atoms with E-state index < -0.39 is 21.8 Å². The normalized spacial score (nSPS) is 11.2. The van der Waals surface area contributed by atoms with Gasteiger partial charge >= 0.3 is 11.9 Å². The number of sulfone groups is 1. The Kier molecular flexibility index (Phi) is 14.9. The zero-order valence-electron chi connectivity index (χ0n) is 19.6. The molecule has 0 unspecified atom stereocenters. The highest BCUT2D eigenvalue weighted by Crippen LogP contribution is 2.11. The molecule has 1 rings (SSSR count). The highest BCUT2D eigenvalue weighted by molar-refractivity contribution is 7.91. The van der Waals surface area contributed by atoms with Crippen LogP contribution >= 0.6 is 12.2 Å². The summed E-state index contributed by atoms with van der Waals surface area (Å²) >= 11 is 5.48. The van der Waals surface area contributed by atoms with Crippen molar-refractivity contribution in [1.82, 2.24) is 15.1 Å². The number of thiocarbonyl (C=S) groups is 1. The Hall–Kier alpha value is -2.50. The van der Waals surface area contributed by atoms with E-state index in [1.807, 2.05) is 24.8 Å². The van der Waals surface area contributed by atoms with Gasteiger partial charge in [-0.1, -0.05) is 32.0 Å². The molecule has 33 heavy (non-hydrogen) atoms. The summed E-state index contributed by atoms with van der Waals surface area (Å²) < 4.78 is 24.9. The number of nitrogens with one attached hydrogen (secondary N) is 1. The van der Waals surface area contributed by atoms with Crippen molar-refractivity contribution in [3.63, 3.8) is 0 Å². The smallest absolute Gasteiger partial charge is 0.328 e. The Bertz CT molecular complexity index is 853. The first-order chi connectivity index (χ1) is 15.4. The van der Waals surface area contributed by atoms with Gasteiger partial charge in [-0.25, -0.2) is 18.0 Å². The third-order valence-electron chi connectivity index (χ3n) is 4.55. The molecular formula is C22H35N3O6S2. The molecule has 0 saturated carbocycles. The Morgan fingerprint density at radius 1 is 1.03 bits per heavy atom. The first kappa shape index (κ1) is 30.5. The molecule has 0 atom stereocenters. The first-order valence-corrected chi connectivity index (χ1v) is 12.7. The monoisotopic (exact) mass is 501 g/mol. The Morgan fingerprint density at radius 3 is 1.97 bits per heavy atom. The Balaban J connectivity index is 0.00000109. The number of carbonyl (C=O) groups is 2. The second-order valence-electron chi connectivity index (χ2n) is 7.19. The number of carboxylic acids is 2. The Morgan fingerprint density at radius 2 is 1.55 bits per heavy atom. The summed E-state index contributed by atoms with van der Waals surface area (Å²) in [6, 6.07) is 8.71. The molecule has 0 aromatic heterocycles. The van der Waals surface area contributed by atoms with Crippen molar-refractivity contribution in [2.24, 2.45) is 0 Å². The van der Waals surface area contributed by atoms with Crippen LogP contribution in [0.1, 0.15) is 27.7 Å². The SMILES string of the molecule is CCN(CC)CCNC(=S)N(CCS(=O)(=O)c1ccccc1)C(C)C.O=C(O)C=CC(=O)O. The van der Waals surface area contributed by atoms with E-state index in [0.717, 1.165) is 26.2 Å². The van der Waals surface area contributed by atoms with E-state index in [9.17, 15) is 18.0 Å². The molecule has 0 radical (unpaired) electrons. The van der Waals surface area contributed by atoms with E-state index >= 15 is 0 Å². The summed E-state index contributed by atoms with van der Waals surface area (Å²) in [5.74, 6) is -2.47. The molecule has 1 aromatic rings. The maximum atomic E-state index is 12.5. The molecule has 0 fully saturated rings. The first-order valence-electron chi connectivity index (χ1n) is 10.6. The molecule has 0 aliphatic rings. The fraction of sp³-hybridized carbons (Fsp3) is 0.500. The minimum atomic E-state index is -3.30. The van der Waals surface area contributed by atoms with Crippen LogP contribution in [0.15, 0.2) is 47.4 Å². The summed E-state index contributed by atoms with van der Waals surface area (Å²) in [7, 11) is -3.30. The van der Waals surface area contributed by atoms with Gasteiger partial charge in [-0.2, -0.15) is 0 Å². The van der Waals surface area contributed by atoms with Gasteiger partial charge in [-0.15, -0.1) is 0 Å². The van der Waals surface area contributed by atoms with Crippen LogP contribution in [-0.2, 0) is 19.4 Å². The fourth-order valence-corrected chi connectivity index (χ4v) is 4.31. The van der Waals surface area contributed by atoms with Gasteiger partial charge in [0.05, 0.1) is 10.6 Å². The van der Waals surface area contributed by atoms with Crippen molar-refractivity contribution in [2.45, 2.75) is 38.6 Å². The lowest BCUT2D eigenvalue weighted by molar-refractivity contribution is -0.134. The van der Waals surface area contributed by atoms with Gasteiger partial charge in [0.25, 0.3) is 0 Å². The van der Waals surface area contributed by atoms with Gasteiger partial charge in [-0.05, 0) is 51.3 Å². The summed E-state index contributed by atoms with van der Waals surface area (Å²) in [5, 5.41) is 19.5. The van der Waals surface area contributed by atoms with Gasteiger partial charge in [0.2, 0.25) is 0 Å². The average molecular weight is 502 g/mol. The standard InChI is InChI=1S/C18H31N3O2S2.C4H4O4/c1-5-20(6-2)13-12-19-18(24)21(16(3)4)14-15-25(22,23)17-10-8-7-9-11-17;5-3(6)1-2-4(7)8/h7-11,16H,5-6,12-15H2,1-4H3,(H,19,24);1-2H,(H,5,6)(H,7,8). The molecule has 1 aromatic carbocycles. The quantitative estimate of drug-likeness (QED) is 0.289. The van der Waals surface area contributed by atoms with Crippen LogP contribution in [0.25, 0.3) is 0 Å². The lowest BCUT2D eigenvalue weighted by atomic mass is 10.3. The highest BCUT2D eigenvalue weighted by Gasteiger charge is 2.19. The summed E-state index contributed by atoms with van der Waals surface area (Å²) in [5.41, 5.74) is 0. The number of hydrogen-bond donors (Lipinski definition) is 3. The molecule has 0 amide bonds. The number of rotatable bonds is 12. The van der Waals surface area contributed by atoms with Crippen molar-refractivity contribution in [1.29, 1.82) is 0 Å². The largest absolute Gasteiger partial charge is 0.478 e. The molecule has 0 bridgehead atoms. The minimum Gasteiger partial charge on any atom is -0.478 e. The van der Waals surface area contributed by atoms with Crippen LogP contribution in [0.3, 0.4) is 0 Å². The van der Waals surface area contributed by atoms with Gasteiger partial charge < -0.3 is 25.3 Å². The number of hydrogen-bond acceptors (Lipinski definition) is 6. The number of aliphatic carboxylic acids is 2. The van der Waals surface area contributed by atoms with Crippen molar-refractivity contribution >= 4 is 39.1 Å². The van der Waals surface area contributed by atoms with E-state index in [4.69, 9.17) is 22.4 Å². The number of nitrogens with zero attached hydrogens (tertiary/aromatic N) is 2. The predicted molar refractivity (Wildman–Crippen MR) is 133 cm³/mol. The minimum absolute atomic E-state index is 0.0487. The molecule has 0 aliphatic heterocycles. The van der Waals surface area contributed by atoms with E-state index in [1.165, 1.54) is 0 Å². The van der Waals surface area contributed by atoms with Crippen LogP contribution in [0.4, 0.5) is 0 Å². The van der Waals surface area contributed by atoms with Gasteiger partial charge in [0.15, 0.2) is 14.9 Å². The van der Waals surface area contributed by atoms with Crippen LogP contribution < -0.4 is 5.32 Å². The highest BCUT2D eigenvalue weighted by atomic mass is 32.2. The van der Waals surface area contributed by atoms with Crippen molar-refractivity contribution in [3.8, 4) is 0 Å². The molecule has 0 spiro atoms. The average Bonchev–Trinajstić information content (AvgIpc) is 2.76. The maximum absolute atomic E-state index is 12.5. The van der Waals surface area contributed by atoms with Crippen LogP contribution in [0.5, 0.6) is 0 Å². The number of carboxylic acid groups (broad SMARTS) is 2. The summed E-state index contributed by atoms with van der Waals surface area (Å²) in [6.45, 7) is 12.4. The summed E-state index contributed by atoms with van der Waals surface area (Å²) in [6.07, 6.45) is 1.12. The molecular weight excluding hydrogens is 466 g/mol. The molecule has 3 N–H and O–H groups in total. The lowest BCUT2D eigenvalue weighted by Gasteiger charge is -2.30. The zero-order chi connectivity index (χ0) is 25.4. The van der Waals surface area contributed by atoms with Crippen LogP contribution in [-0.4, -0.2) is 90.0 Å². The van der Waals surface area contributed by atoms with Crippen molar-refractivity contribution < 1.29 is 28.2 Å². The lowest BCUT2D eigenvalue weighted by Crippen LogP contribution is -2.47. The second-order valence-corrected chi connectivity index (χ2v) is 9.68. The van der Waals surface area contributed by atoms with E-state index in [-0.39, 0.29) is 11.8 Å². The molecule has 9 nitrogen and oxygen atoms in total. The summed E-state index contributed by atoms with van der Waals surface area (Å²) in [4.78, 5) is 23.7. The maximum Gasteiger partial charge on any atom is 0.328 e. The molecule has 186 valence electrons. The Labute approximate surface area is 202 Å². The van der Waals surface area contributed by atoms with Crippen molar-refractivity contribution in [2.75, 3.05) is 38.5 Å². The topological polar surface area (TPSA) is 127 Å². The van der Waals surface area contributed by atoms with E-state index in [2.05, 4.69) is 24.1 Å². The number of benzene rings is 1. The van der Waals surface area contributed by atoms with Gasteiger partial charge in [0.1, 0.15) is 0 Å². The van der Waals surface area contributed by atoms with Crippen LogP contribution in [0.2, 0.25) is 0 Å². The van der Waals surface area contributed by atoms with Crippen LogP contribution in [0, 0.1) is 0 Å². The van der Waals surface area contributed by atoms with E-state index in [1.54, 1.807) is 24.3 Å². The second kappa shape index (κ2) is 16.2. The van der Waals surface area contributed by atoms with Crippen molar-refractivity contribution in [3.05, 3.63) is 42.5 Å². The molecule has 0 saturated heterocycles. The molecule has 0 heterocycles. The predicted octanol–water partition coefficient (Wildman–Crippen LogP) is 2.10. The van der Waals surface area contributed by atoms with Gasteiger partial charge in [-0.3, -0.25) is 0 Å². The third-order valence-corrected chi connectivity index (χ3v) is 6.64. The number of likely N-dealkylation sites (N-methyl/N-ethyl adjacent to an activating group) is 1. The van der Waals surface area contributed by atoms with E-state index in [0.29, 0.717) is 28.7 Å².